The van der Waals surface area contributed by atoms with Crippen LogP contribution in [0.5, 0.6) is 0 Å². The molecule has 10 heteroatoms. The first-order valence-electron chi connectivity index (χ1n) is 12.9. The topological polar surface area (TPSA) is 138 Å². The maximum atomic E-state index is 13.6. The highest BCUT2D eigenvalue weighted by atomic mass is 16.6. The Kier molecular flexibility index (Phi) is 7.33. The van der Waals surface area contributed by atoms with E-state index in [0.717, 1.165) is 37.8 Å². The predicted molar refractivity (Wildman–Crippen MR) is 134 cm³/mol. The minimum absolute atomic E-state index is 0.0461. The lowest BCUT2D eigenvalue weighted by molar-refractivity contribution is 0.0638. The molecular formula is C26H39N5O5. The number of fused-ring (bicyclic) bond motifs is 2. The Balaban J connectivity index is 1.52. The first kappa shape index (κ1) is 26.0. The lowest BCUT2D eigenvalue weighted by atomic mass is 9.79. The molecule has 10 nitrogen and oxygen atoms in total. The van der Waals surface area contributed by atoms with E-state index in [2.05, 4.69) is 15.7 Å². The summed E-state index contributed by atoms with van der Waals surface area (Å²) in [4.78, 5) is 36.6. The number of alkyl carbamates (subject to hydrolysis) is 1. The van der Waals surface area contributed by atoms with Gasteiger partial charge in [-0.1, -0.05) is 13.8 Å². The number of amides is 3. The van der Waals surface area contributed by atoms with Gasteiger partial charge in [0.2, 0.25) is 0 Å². The van der Waals surface area contributed by atoms with Crippen LogP contribution in [0, 0.1) is 23.7 Å². The number of nitrogens with one attached hydrogen (secondary N) is 2. The van der Waals surface area contributed by atoms with E-state index in [9.17, 15) is 14.4 Å². The Morgan fingerprint density at radius 1 is 1.17 bits per heavy atom. The minimum Gasteiger partial charge on any atom is -0.453 e. The van der Waals surface area contributed by atoms with Gasteiger partial charge in [0.05, 0.1) is 30.1 Å². The van der Waals surface area contributed by atoms with Crippen LogP contribution in [-0.4, -0.2) is 52.7 Å². The molecule has 198 valence electrons. The van der Waals surface area contributed by atoms with Crippen molar-refractivity contribution in [2.24, 2.45) is 29.4 Å². The largest absolute Gasteiger partial charge is 0.453 e. The van der Waals surface area contributed by atoms with Crippen molar-refractivity contribution in [3.63, 3.8) is 0 Å². The molecular weight excluding hydrogens is 462 g/mol. The van der Waals surface area contributed by atoms with Crippen LogP contribution in [0.4, 0.5) is 9.59 Å². The number of primary amides is 1. The number of hydrogen-bond donors (Lipinski definition) is 3. The molecule has 4 N–H and O–H groups in total. The molecule has 6 atom stereocenters. The summed E-state index contributed by atoms with van der Waals surface area (Å²) in [7, 11) is 1.32. The van der Waals surface area contributed by atoms with Crippen LogP contribution in [0.15, 0.2) is 12.3 Å². The number of carbonyl (C=O) groups excluding carboxylic acids is 3. The summed E-state index contributed by atoms with van der Waals surface area (Å²) in [6.07, 6.45) is 8.65. The van der Waals surface area contributed by atoms with Gasteiger partial charge in [-0.2, -0.15) is 5.10 Å². The molecule has 3 aliphatic rings. The highest BCUT2D eigenvalue weighted by Crippen LogP contribution is 2.54. The third kappa shape index (κ3) is 5.52. The molecule has 0 aliphatic heterocycles. The predicted octanol–water partition coefficient (Wildman–Crippen LogP) is 3.63. The molecule has 36 heavy (non-hydrogen) atoms. The van der Waals surface area contributed by atoms with Gasteiger partial charge in [-0.25, -0.2) is 14.3 Å². The Labute approximate surface area is 212 Å². The van der Waals surface area contributed by atoms with E-state index in [-0.39, 0.29) is 29.9 Å². The summed E-state index contributed by atoms with van der Waals surface area (Å²) >= 11 is 0. The van der Waals surface area contributed by atoms with Gasteiger partial charge in [0, 0.05) is 12.2 Å². The third-order valence-electron chi connectivity index (χ3n) is 8.03. The molecule has 0 spiro atoms. The quantitative estimate of drug-likeness (QED) is 0.522. The van der Waals surface area contributed by atoms with Gasteiger partial charge in [0.15, 0.2) is 0 Å². The first-order valence-corrected chi connectivity index (χ1v) is 12.9. The molecule has 3 fully saturated rings. The monoisotopic (exact) mass is 501 g/mol. The van der Waals surface area contributed by atoms with Crippen LogP contribution in [0.2, 0.25) is 0 Å². The summed E-state index contributed by atoms with van der Waals surface area (Å²) in [5.41, 5.74) is 6.00. The summed E-state index contributed by atoms with van der Waals surface area (Å²) in [6.45, 7) is 7.74. The van der Waals surface area contributed by atoms with Crippen LogP contribution >= 0.6 is 0 Å². The van der Waals surface area contributed by atoms with Crippen LogP contribution in [-0.2, 0) is 9.47 Å². The number of nitrogens with two attached hydrogens (primary N) is 1. The van der Waals surface area contributed by atoms with Crippen molar-refractivity contribution >= 4 is 24.3 Å². The van der Waals surface area contributed by atoms with E-state index in [4.69, 9.17) is 15.2 Å². The van der Waals surface area contributed by atoms with Crippen molar-refractivity contribution in [1.29, 1.82) is 0 Å². The Bertz CT molecular complexity index is 1030. The van der Waals surface area contributed by atoms with Gasteiger partial charge in [0.25, 0.3) is 5.91 Å². The van der Waals surface area contributed by atoms with Gasteiger partial charge in [-0.05, 0) is 81.6 Å². The van der Waals surface area contributed by atoms with E-state index in [1.165, 1.54) is 7.11 Å². The molecule has 0 radical (unpaired) electrons. The van der Waals surface area contributed by atoms with E-state index in [0.29, 0.717) is 23.3 Å². The fourth-order valence-electron chi connectivity index (χ4n) is 6.69. The second kappa shape index (κ2) is 10.1. The lowest BCUT2D eigenvalue weighted by Gasteiger charge is -2.32. The fraction of sp³-hybridized carbons (Fsp3) is 0.692. The van der Waals surface area contributed by atoms with Crippen molar-refractivity contribution < 1.29 is 23.9 Å². The zero-order valence-corrected chi connectivity index (χ0v) is 21.8. The van der Waals surface area contributed by atoms with E-state index in [1.807, 2.05) is 33.8 Å². The van der Waals surface area contributed by atoms with Crippen molar-refractivity contribution in [3.05, 3.63) is 23.5 Å². The highest BCUT2D eigenvalue weighted by Gasteiger charge is 2.52. The van der Waals surface area contributed by atoms with Crippen molar-refractivity contribution in [2.75, 3.05) is 7.11 Å². The maximum Gasteiger partial charge on any atom is 0.407 e. The summed E-state index contributed by atoms with van der Waals surface area (Å²) in [5.74, 6) is 1.69. The Morgan fingerprint density at radius 2 is 1.89 bits per heavy atom. The third-order valence-corrected chi connectivity index (χ3v) is 8.03. The molecule has 1 aromatic rings. The average molecular weight is 502 g/mol. The second-order valence-corrected chi connectivity index (χ2v) is 11.5. The zero-order valence-electron chi connectivity index (χ0n) is 21.8. The Hall–Kier alpha value is -3.04. The molecule has 0 saturated heterocycles. The van der Waals surface area contributed by atoms with Crippen LogP contribution in [0.3, 0.4) is 0 Å². The average Bonchev–Trinajstić information content (AvgIpc) is 3.28. The van der Waals surface area contributed by atoms with Gasteiger partial charge in [0.1, 0.15) is 6.10 Å². The molecule has 3 amide bonds. The summed E-state index contributed by atoms with van der Waals surface area (Å²) < 4.78 is 11.8. The Morgan fingerprint density at radius 3 is 2.56 bits per heavy atom. The summed E-state index contributed by atoms with van der Waals surface area (Å²) in [6, 6.07) is 0.0499. The van der Waals surface area contributed by atoms with Crippen molar-refractivity contribution in [1.82, 2.24) is 20.4 Å². The molecule has 5 unspecified atom stereocenters. The number of aromatic nitrogens is 2. The van der Waals surface area contributed by atoms with Crippen LogP contribution < -0.4 is 16.4 Å². The van der Waals surface area contributed by atoms with Crippen molar-refractivity contribution in [2.45, 2.75) is 83.4 Å². The molecule has 0 aromatic carbocycles. The molecule has 1 aromatic heterocycles. The standard InChI is InChI=1S/C26H39N5O5/c1-14(2)22-20(13-28-31(22)7-6-26(3,4)30-25(34)35-5)23(32)29-21-17-9-15-8-16(11-17)19(21)12-18(10-15)36-24(27)33/h6-7,13-19,21H,8-12H2,1-5H3,(H2,27,33)(H,29,32)(H,30,34)/b7-6+/t15?,16?,17?,18?,19?,21-/m1/s1. The number of rotatable bonds is 7. The first-order chi connectivity index (χ1) is 17.0. The van der Waals surface area contributed by atoms with E-state index < -0.39 is 17.7 Å². The zero-order chi connectivity index (χ0) is 26.2. The number of nitrogens with zero attached hydrogens (tertiary/aromatic N) is 2. The smallest absolute Gasteiger partial charge is 0.407 e. The number of carbonyl (C=O) groups is 3. The summed E-state index contributed by atoms with van der Waals surface area (Å²) in [5, 5.41) is 10.6. The molecule has 3 aliphatic carbocycles. The molecule has 3 bridgehead atoms. The van der Waals surface area contributed by atoms with Crippen LogP contribution in [0.1, 0.15) is 81.8 Å². The molecule has 3 saturated carbocycles. The minimum atomic E-state index is -0.722. The number of ether oxygens (including phenoxy) is 2. The lowest BCUT2D eigenvalue weighted by Crippen LogP contribution is -2.44. The van der Waals surface area contributed by atoms with Crippen LogP contribution in [0.25, 0.3) is 6.20 Å². The maximum absolute atomic E-state index is 13.6. The van der Waals surface area contributed by atoms with Gasteiger partial charge in [-0.3, -0.25) is 4.79 Å². The van der Waals surface area contributed by atoms with Gasteiger partial charge >= 0.3 is 12.2 Å². The van der Waals surface area contributed by atoms with Gasteiger partial charge < -0.3 is 25.8 Å². The van der Waals surface area contributed by atoms with Gasteiger partial charge in [-0.15, -0.1) is 0 Å². The molecule has 1 heterocycles. The molecule has 4 rings (SSSR count). The van der Waals surface area contributed by atoms with Crippen molar-refractivity contribution in [3.8, 4) is 0 Å². The number of hydrogen-bond acceptors (Lipinski definition) is 6. The number of methoxy groups -OCH3 is 1. The van der Waals surface area contributed by atoms with E-state index >= 15 is 0 Å². The normalized spacial score (nSPS) is 29.3. The van der Waals surface area contributed by atoms with E-state index in [1.54, 1.807) is 17.1 Å². The fourth-order valence-corrected chi connectivity index (χ4v) is 6.69. The second-order valence-electron chi connectivity index (χ2n) is 11.5. The SMILES string of the molecule is COC(=O)NC(C)(C)/C=C/n1ncc(C(=O)N[C@@H]2C3CC4CC(OC(N)=O)CC2C(C4)C3)c1C(C)C. The highest BCUT2D eigenvalue weighted by molar-refractivity contribution is 5.95.